The van der Waals surface area contributed by atoms with Gasteiger partial charge in [-0.15, -0.1) is 0 Å². The molecule has 1 aromatic carbocycles. The van der Waals surface area contributed by atoms with Crippen molar-refractivity contribution in [3.05, 3.63) is 41.0 Å². The smallest absolute Gasteiger partial charge is 0.233 e. The van der Waals surface area contributed by atoms with Crippen LogP contribution in [0.3, 0.4) is 0 Å². The summed E-state index contributed by atoms with van der Waals surface area (Å²) in [6.45, 7) is 8.16. The third kappa shape index (κ3) is 5.13. The molecule has 174 valence electrons. The molecule has 1 aromatic rings. The van der Waals surface area contributed by atoms with Gasteiger partial charge in [0.05, 0.1) is 19.0 Å². The summed E-state index contributed by atoms with van der Waals surface area (Å²) in [5.74, 6) is 1.41. The van der Waals surface area contributed by atoms with E-state index in [0.29, 0.717) is 12.5 Å². The van der Waals surface area contributed by atoms with Crippen LogP contribution in [-0.4, -0.2) is 54.5 Å². The summed E-state index contributed by atoms with van der Waals surface area (Å²) in [4.78, 5) is 40.7. The molecular weight excluding hydrogens is 414 g/mol. The number of dihydropyridines is 1. The van der Waals surface area contributed by atoms with Gasteiger partial charge in [-0.2, -0.15) is 0 Å². The highest BCUT2D eigenvalue weighted by Crippen LogP contribution is 2.41. The molecule has 0 saturated heterocycles. The molecule has 2 aliphatic heterocycles. The number of allylic oxidation sites excluding steroid dienone is 1. The number of ketones is 1. The first-order valence-corrected chi connectivity index (χ1v) is 11.7. The van der Waals surface area contributed by atoms with Gasteiger partial charge in [0.1, 0.15) is 12.0 Å². The molecule has 2 unspecified atom stereocenters. The molecule has 1 N–H and O–H groups in total. The van der Waals surface area contributed by atoms with E-state index in [1.54, 1.807) is 6.21 Å². The highest BCUT2D eigenvalue weighted by atomic mass is 16.2. The highest BCUT2D eigenvalue weighted by Gasteiger charge is 2.39. The van der Waals surface area contributed by atoms with Crippen molar-refractivity contribution < 1.29 is 9.59 Å². The average molecular weight is 448 g/mol. The van der Waals surface area contributed by atoms with Crippen LogP contribution in [0.15, 0.2) is 44.8 Å². The molecule has 7 nitrogen and oxygen atoms in total. The minimum Gasteiger partial charge on any atom is -0.337 e. The largest absolute Gasteiger partial charge is 0.337 e. The SMILES string of the molecule is CC1=NCC(C(=O)Nc2cc(C3N=C(C4CC4)N3C)ccc2C)C=C1C=NCC(=O)C(C)C. The fourth-order valence-corrected chi connectivity index (χ4v) is 3.99. The second kappa shape index (κ2) is 9.41. The first kappa shape index (κ1) is 23.1. The standard InChI is InChI=1S/C26H33N5O2/c1-15(2)23(32)14-27-12-20-10-21(13-28-17(20)4)26(33)29-22-11-19(7-6-16(22)3)25-30-24(31(25)5)18-8-9-18/h6-7,10-12,15,18,21,25H,8-9,13-14H2,1-5H3,(H,29,33). The Morgan fingerprint density at radius 2 is 2.03 bits per heavy atom. The van der Waals surface area contributed by atoms with Gasteiger partial charge < -0.3 is 10.2 Å². The summed E-state index contributed by atoms with van der Waals surface area (Å²) in [6.07, 6.45) is 6.05. The molecule has 33 heavy (non-hydrogen) atoms. The van der Waals surface area contributed by atoms with Crippen molar-refractivity contribution in [3.8, 4) is 0 Å². The third-order valence-electron chi connectivity index (χ3n) is 6.52. The quantitative estimate of drug-likeness (QED) is 0.611. The van der Waals surface area contributed by atoms with Gasteiger partial charge in [0, 0.05) is 42.1 Å². The highest BCUT2D eigenvalue weighted by molar-refractivity contribution is 6.16. The summed E-state index contributed by atoms with van der Waals surface area (Å²) in [5.41, 5.74) is 4.52. The maximum atomic E-state index is 13.1. The van der Waals surface area contributed by atoms with E-state index in [-0.39, 0.29) is 36.2 Å². The predicted octanol–water partition coefficient (Wildman–Crippen LogP) is 4.00. The monoisotopic (exact) mass is 447 g/mol. The number of nitrogens with one attached hydrogen (secondary N) is 1. The van der Waals surface area contributed by atoms with E-state index in [0.717, 1.165) is 28.1 Å². The van der Waals surface area contributed by atoms with Gasteiger partial charge >= 0.3 is 0 Å². The molecule has 2 atom stereocenters. The Morgan fingerprint density at radius 1 is 1.27 bits per heavy atom. The molecule has 1 aliphatic carbocycles. The number of amidine groups is 1. The number of rotatable bonds is 8. The van der Waals surface area contributed by atoms with Crippen molar-refractivity contribution in [2.45, 2.75) is 46.7 Å². The van der Waals surface area contributed by atoms with Crippen LogP contribution >= 0.6 is 0 Å². The Morgan fingerprint density at radius 3 is 2.70 bits per heavy atom. The van der Waals surface area contributed by atoms with E-state index >= 15 is 0 Å². The van der Waals surface area contributed by atoms with E-state index in [9.17, 15) is 9.59 Å². The average Bonchev–Trinajstić information content (AvgIpc) is 3.60. The Labute approximate surface area is 195 Å². The maximum Gasteiger partial charge on any atom is 0.233 e. The zero-order valence-electron chi connectivity index (χ0n) is 20.1. The lowest BCUT2D eigenvalue weighted by Gasteiger charge is -2.38. The zero-order chi connectivity index (χ0) is 23.7. The lowest BCUT2D eigenvalue weighted by molar-refractivity contribution is -0.120. The number of aryl methyl sites for hydroxylation is 1. The minimum absolute atomic E-state index is 0.0232. The second-order valence-corrected chi connectivity index (χ2v) is 9.56. The number of benzene rings is 1. The van der Waals surface area contributed by atoms with Crippen LogP contribution in [0.1, 0.15) is 50.9 Å². The molecule has 0 radical (unpaired) electrons. The van der Waals surface area contributed by atoms with E-state index in [4.69, 9.17) is 4.99 Å². The third-order valence-corrected chi connectivity index (χ3v) is 6.52. The molecule has 3 aliphatic rings. The number of hydrogen-bond acceptors (Lipinski definition) is 6. The Bertz CT molecular complexity index is 1080. The van der Waals surface area contributed by atoms with E-state index in [2.05, 4.69) is 33.3 Å². The molecular formula is C26H33N5O2. The fourth-order valence-electron chi connectivity index (χ4n) is 3.99. The Kier molecular flexibility index (Phi) is 6.58. The Balaban J connectivity index is 1.44. The molecule has 4 rings (SSSR count). The number of hydrogen-bond donors (Lipinski definition) is 1. The number of nitrogens with zero attached hydrogens (tertiary/aromatic N) is 4. The predicted molar refractivity (Wildman–Crippen MR) is 133 cm³/mol. The van der Waals surface area contributed by atoms with E-state index in [1.807, 2.05) is 45.9 Å². The van der Waals surface area contributed by atoms with Crippen LogP contribution < -0.4 is 5.32 Å². The van der Waals surface area contributed by atoms with Gasteiger partial charge in [-0.25, -0.2) is 4.99 Å². The first-order valence-electron chi connectivity index (χ1n) is 11.7. The summed E-state index contributed by atoms with van der Waals surface area (Å²) in [6, 6.07) is 6.15. The van der Waals surface area contributed by atoms with Gasteiger partial charge in [-0.1, -0.05) is 32.1 Å². The van der Waals surface area contributed by atoms with Gasteiger partial charge in [0.15, 0.2) is 5.78 Å². The van der Waals surface area contributed by atoms with Crippen molar-refractivity contribution in [1.82, 2.24) is 4.90 Å². The fraction of sp³-hybridized carbons (Fsp3) is 0.500. The summed E-state index contributed by atoms with van der Waals surface area (Å²) in [7, 11) is 2.09. The molecule has 0 spiro atoms. The summed E-state index contributed by atoms with van der Waals surface area (Å²) in [5, 5.41) is 3.09. The molecule has 7 heteroatoms. The molecule has 0 aromatic heterocycles. The van der Waals surface area contributed by atoms with Crippen molar-refractivity contribution in [2.75, 3.05) is 25.5 Å². The molecule has 0 bridgehead atoms. The van der Waals surface area contributed by atoms with Crippen LogP contribution in [0.4, 0.5) is 5.69 Å². The van der Waals surface area contributed by atoms with Crippen LogP contribution in [0, 0.1) is 24.7 Å². The number of amides is 1. The normalized spacial score (nSPS) is 22.6. The molecule has 1 fully saturated rings. The van der Waals surface area contributed by atoms with Crippen molar-refractivity contribution in [3.63, 3.8) is 0 Å². The molecule has 1 saturated carbocycles. The van der Waals surface area contributed by atoms with Crippen LogP contribution in [-0.2, 0) is 9.59 Å². The lowest BCUT2D eigenvalue weighted by Crippen LogP contribution is -2.40. The summed E-state index contributed by atoms with van der Waals surface area (Å²) >= 11 is 0. The zero-order valence-corrected chi connectivity index (χ0v) is 20.1. The number of carbonyl (C=O) groups is 2. The van der Waals surface area contributed by atoms with Gasteiger partial charge in [-0.05, 0) is 43.9 Å². The molecule has 1 amide bonds. The van der Waals surface area contributed by atoms with Crippen LogP contribution in [0.5, 0.6) is 0 Å². The number of aliphatic imine (C=N–C) groups is 3. The second-order valence-electron chi connectivity index (χ2n) is 9.56. The minimum atomic E-state index is -0.384. The maximum absolute atomic E-state index is 13.1. The van der Waals surface area contributed by atoms with Gasteiger partial charge in [-0.3, -0.25) is 19.6 Å². The lowest BCUT2D eigenvalue weighted by atomic mass is 9.98. The van der Waals surface area contributed by atoms with Crippen LogP contribution in [0.25, 0.3) is 0 Å². The first-order chi connectivity index (χ1) is 15.7. The van der Waals surface area contributed by atoms with Crippen molar-refractivity contribution in [2.24, 2.45) is 32.7 Å². The topological polar surface area (TPSA) is 86.5 Å². The Hall–Kier alpha value is -3.09. The van der Waals surface area contributed by atoms with E-state index < -0.39 is 0 Å². The number of anilines is 1. The summed E-state index contributed by atoms with van der Waals surface area (Å²) < 4.78 is 0. The molecule has 2 heterocycles. The van der Waals surface area contributed by atoms with Crippen molar-refractivity contribution in [1.29, 1.82) is 0 Å². The van der Waals surface area contributed by atoms with Crippen LogP contribution in [0.2, 0.25) is 0 Å². The van der Waals surface area contributed by atoms with Crippen molar-refractivity contribution >= 4 is 35.1 Å². The van der Waals surface area contributed by atoms with Gasteiger partial charge in [0.2, 0.25) is 5.91 Å². The number of carbonyl (C=O) groups excluding carboxylic acids is 2. The van der Waals surface area contributed by atoms with Gasteiger partial charge in [0.25, 0.3) is 0 Å². The van der Waals surface area contributed by atoms with E-state index in [1.165, 1.54) is 18.7 Å². The number of Topliss-reactive ketones (excluding diaryl/α,β-unsaturated/α-hetero) is 1.